The van der Waals surface area contributed by atoms with Crippen LogP contribution in [0.3, 0.4) is 0 Å². The Labute approximate surface area is 93.0 Å². The number of esters is 1. The van der Waals surface area contributed by atoms with E-state index in [4.69, 9.17) is 9.47 Å². The normalized spacial score (nSPS) is 17.7. The topological polar surface area (TPSA) is 35.5 Å². The lowest BCUT2D eigenvalue weighted by Gasteiger charge is -2.22. The van der Waals surface area contributed by atoms with Crippen molar-refractivity contribution in [3.05, 3.63) is 21.9 Å². The first-order valence-corrected chi connectivity index (χ1v) is 6.03. The van der Waals surface area contributed by atoms with Gasteiger partial charge in [-0.3, -0.25) is 0 Å². The number of ether oxygens (including phenoxy) is 2. The third-order valence-electron chi connectivity index (χ3n) is 2.52. The zero-order chi connectivity index (χ0) is 10.7. The predicted octanol–water partition coefficient (Wildman–Crippen LogP) is 2.39. The standard InChI is InChI=1S/C11H14O3S/c1-8-6-15-7-10(8)11(12)14-9-2-4-13-5-3-9/h6-7,9H,2-5H2,1H3. The molecule has 1 saturated heterocycles. The molecule has 3 nitrogen and oxygen atoms in total. The number of thiophene rings is 1. The van der Waals surface area contributed by atoms with Crippen molar-refractivity contribution in [2.45, 2.75) is 25.9 Å². The van der Waals surface area contributed by atoms with Crippen LogP contribution in [0.15, 0.2) is 10.8 Å². The maximum atomic E-state index is 11.7. The molecule has 1 aliphatic rings. The predicted molar refractivity (Wildman–Crippen MR) is 58.3 cm³/mol. The number of hydrogen-bond donors (Lipinski definition) is 0. The van der Waals surface area contributed by atoms with Gasteiger partial charge in [-0.15, -0.1) is 0 Å². The van der Waals surface area contributed by atoms with Crippen molar-refractivity contribution in [2.75, 3.05) is 13.2 Å². The van der Waals surface area contributed by atoms with Gasteiger partial charge in [0.1, 0.15) is 6.10 Å². The second-order valence-corrected chi connectivity index (χ2v) is 4.43. The second-order valence-electron chi connectivity index (χ2n) is 3.69. The van der Waals surface area contributed by atoms with Crippen LogP contribution in [0.25, 0.3) is 0 Å². The Hall–Kier alpha value is -0.870. The van der Waals surface area contributed by atoms with Gasteiger partial charge in [0.25, 0.3) is 0 Å². The van der Waals surface area contributed by atoms with E-state index in [0.717, 1.165) is 18.4 Å². The molecule has 0 atom stereocenters. The Morgan fingerprint density at radius 2 is 2.20 bits per heavy atom. The van der Waals surface area contributed by atoms with E-state index in [-0.39, 0.29) is 12.1 Å². The van der Waals surface area contributed by atoms with Crippen LogP contribution in [-0.4, -0.2) is 25.3 Å². The van der Waals surface area contributed by atoms with Gasteiger partial charge in [-0.05, 0) is 17.9 Å². The minimum atomic E-state index is -0.194. The molecule has 4 heteroatoms. The molecule has 82 valence electrons. The van der Waals surface area contributed by atoms with Crippen molar-refractivity contribution in [3.8, 4) is 0 Å². The highest BCUT2D eigenvalue weighted by Crippen LogP contribution is 2.18. The van der Waals surface area contributed by atoms with Crippen molar-refractivity contribution in [3.63, 3.8) is 0 Å². The third-order valence-corrected chi connectivity index (χ3v) is 3.38. The van der Waals surface area contributed by atoms with Gasteiger partial charge in [-0.25, -0.2) is 4.79 Å². The molecule has 1 aliphatic heterocycles. The highest BCUT2D eigenvalue weighted by Gasteiger charge is 2.20. The van der Waals surface area contributed by atoms with Gasteiger partial charge in [0.15, 0.2) is 0 Å². The minimum Gasteiger partial charge on any atom is -0.459 e. The molecule has 1 aromatic rings. The van der Waals surface area contributed by atoms with Crippen LogP contribution in [0, 0.1) is 6.92 Å². The van der Waals surface area contributed by atoms with Crippen molar-refractivity contribution < 1.29 is 14.3 Å². The first-order valence-electron chi connectivity index (χ1n) is 5.09. The Bertz CT molecular complexity index is 339. The van der Waals surface area contributed by atoms with Crippen LogP contribution in [0.2, 0.25) is 0 Å². The average molecular weight is 226 g/mol. The first kappa shape index (κ1) is 10.6. The quantitative estimate of drug-likeness (QED) is 0.726. The van der Waals surface area contributed by atoms with Crippen LogP contribution in [0.5, 0.6) is 0 Å². The van der Waals surface area contributed by atoms with Gasteiger partial charge in [0.2, 0.25) is 0 Å². The minimum absolute atomic E-state index is 0.0329. The van der Waals surface area contributed by atoms with Gasteiger partial charge in [-0.1, -0.05) is 0 Å². The van der Waals surface area contributed by atoms with E-state index in [1.54, 1.807) is 0 Å². The molecule has 0 amide bonds. The monoisotopic (exact) mass is 226 g/mol. The van der Waals surface area contributed by atoms with Crippen LogP contribution >= 0.6 is 11.3 Å². The second kappa shape index (κ2) is 4.77. The molecule has 0 N–H and O–H groups in total. The summed E-state index contributed by atoms with van der Waals surface area (Å²) in [5, 5.41) is 3.80. The summed E-state index contributed by atoms with van der Waals surface area (Å²) >= 11 is 1.53. The van der Waals surface area contributed by atoms with Crippen LogP contribution in [0.1, 0.15) is 28.8 Å². The maximum Gasteiger partial charge on any atom is 0.339 e. The van der Waals surface area contributed by atoms with Crippen molar-refractivity contribution in [1.29, 1.82) is 0 Å². The van der Waals surface area contributed by atoms with E-state index in [2.05, 4.69) is 0 Å². The summed E-state index contributed by atoms with van der Waals surface area (Å²) < 4.78 is 10.6. The summed E-state index contributed by atoms with van der Waals surface area (Å²) in [6.45, 7) is 3.32. The highest BCUT2D eigenvalue weighted by molar-refractivity contribution is 7.08. The number of carbonyl (C=O) groups excluding carboxylic acids is 1. The fourth-order valence-corrected chi connectivity index (χ4v) is 2.40. The molecule has 0 spiro atoms. The highest BCUT2D eigenvalue weighted by atomic mass is 32.1. The number of aryl methyl sites for hydroxylation is 1. The van der Waals surface area contributed by atoms with Crippen LogP contribution in [0.4, 0.5) is 0 Å². The number of rotatable bonds is 2. The Kier molecular flexibility index (Phi) is 3.38. The summed E-state index contributed by atoms with van der Waals surface area (Å²) in [5.41, 5.74) is 1.70. The van der Waals surface area contributed by atoms with E-state index < -0.39 is 0 Å². The molecule has 15 heavy (non-hydrogen) atoms. The zero-order valence-electron chi connectivity index (χ0n) is 8.69. The molecular formula is C11H14O3S. The SMILES string of the molecule is Cc1cscc1C(=O)OC1CCOCC1. The van der Waals surface area contributed by atoms with E-state index in [1.807, 2.05) is 17.7 Å². The van der Waals surface area contributed by atoms with Crippen molar-refractivity contribution >= 4 is 17.3 Å². The van der Waals surface area contributed by atoms with Crippen molar-refractivity contribution in [1.82, 2.24) is 0 Å². The maximum absolute atomic E-state index is 11.7. The summed E-state index contributed by atoms with van der Waals surface area (Å²) in [4.78, 5) is 11.7. The number of carbonyl (C=O) groups is 1. The van der Waals surface area contributed by atoms with Gasteiger partial charge < -0.3 is 9.47 Å². The molecule has 2 heterocycles. The summed E-state index contributed by atoms with van der Waals surface area (Å²) in [5.74, 6) is -0.194. The van der Waals surface area contributed by atoms with E-state index in [0.29, 0.717) is 18.8 Å². The van der Waals surface area contributed by atoms with Crippen molar-refractivity contribution in [2.24, 2.45) is 0 Å². The largest absolute Gasteiger partial charge is 0.459 e. The summed E-state index contributed by atoms with van der Waals surface area (Å²) in [7, 11) is 0. The van der Waals surface area contributed by atoms with Crippen LogP contribution < -0.4 is 0 Å². The molecule has 0 aliphatic carbocycles. The zero-order valence-corrected chi connectivity index (χ0v) is 9.51. The molecule has 0 saturated carbocycles. The van der Waals surface area contributed by atoms with E-state index in [9.17, 15) is 4.79 Å². The van der Waals surface area contributed by atoms with E-state index in [1.165, 1.54) is 11.3 Å². The average Bonchev–Trinajstić information content (AvgIpc) is 2.66. The molecule has 0 bridgehead atoms. The molecule has 2 rings (SSSR count). The van der Waals surface area contributed by atoms with Gasteiger partial charge in [-0.2, -0.15) is 11.3 Å². The molecule has 0 unspecified atom stereocenters. The van der Waals surface area contributed by atoms with E-state index >= 15 is 0 Å². The Balaban J connectivity index is 1.94. The molecule has 1 aromatic heterocycles. The molecule has 1 fully saturated rings. The lowest BCUT2D eigenvalue weighted by molar-refractivity contribution is -0.0159. The number of hydrogen-bond acceptors (Lipinski definition) is 4. The lowest BCUT2D eigenvalue weighted by atomic mass is 10.1. The summed E-state index contributed by atoms with van der Waals surface area (Å²) in [6, 6.07) is 0. The molecular weight excluding hydrogens is 212 g/mol. The summed E-state index contributed by atoms with van der Waals surface area (Å²) in [6.07, 6.45) is 1.66. The third kappa shape index (κ3) is 2.58. The smallest absolute Gasteiger partial charge is 0.339 e. The Morgan fingerprint density at radius 3 is 2.80 bits per heavy atom. The fraction of sp³-hybridized carbons (Fsp3) is 0.545. The van der Waals surface area contributed by atoms with Gasteiger partial charge in [0, 0.05) is 18.2 Å². The fourth-order valence-electron chi connectivity index (χ4n) is 1.58. The molecule has 0 radical (unpaired) electrons. The van der Waals surface area contributed by atoms with Gasteiger partial charge in [0.05, 0.1) is 18.8 Å². The van der Waals surface area contributed by atoms with Crippen LogP contribution in [-0.2, 0) is 9.47 Å². The first-order chi connectivity index (χ1) is 7.27. The van der Waals surface area contributed by atoms with Gasteiger partial charge >= 0.3 is 5.97 Å². The Morgan fingerprint density at radius 1 is 1.47 bits per heavy atom. The molecule has 0 aromatic carbocycles. The lowest BCUT2D eigenvalue weighted by Crippen LogP contribution is -2.26.